The van der Waals surface area contributed by atoms with E-state index in [1.807, 2.05) is 69.3 Å². The van der Waals surface area contributed by atoms with E-state index in [1.54, 1.807) is 0 Å². The third-order valence-corrected chi connectivity index (χ3v) is 2.65. The molecule has 0 aliphatic rings. The van der Waals surface area contributed by atoms with Crippen LogP contribution in [0.5, 0.6) is 5.75 Å². The molecule has 0 fully saturated rings. The Bertz CT molecular complexity index is 438. The average molecular weight is 275 g/mol. The molecule has 0 saturated carbocycles. The quantitative estimate of drug-likeness (QED) is 0.717. The second kappa shape index (κ2) is 9.34. The highest BCUT2D eigenvalue weighted by atomic mass is 16.5. The highest BCUT2D eigenvalue weighted by molar-refractivity contribution is 5.53. The zero-order valence-corrected chi connectivity index (χ0v) is 12.5. The Morgan fingerprint density at radius 3 is 2.80 bits per heavy atom. The summed E-state index contributed by atoms with van der Waals surface area (Å²) < 4.78 is 5.61. The van der Waals surface area contributed by atoms with Gasteiger partial charge in [-0.1, -0.05) is 50.3 Å². The van der Waals surface area contributed by atoms with Crippen LogP contribution < -0.4 is 10.1 Å². The van der Waals surface area contributed by atoms with Gasteiger partial charge in [0.05, 0.1) is 0 Å². The lowest BCUT2D eigenvalue weighted by atomic mass is 10.2. The fraction of sp³-hybridized carbons (Fsp3) is 0.412. The maximum Gasteiger partial charge on any atom is 0.120 e. The first-order chi connectivity index (χ1) is 9.61. The number of hydrogen-bond donors (Lipinski definition) is 2. The van der Waals surface area contributed by atoms with Gasteiger partial charge in [0.2, 0.25) is 0 Å². The van der Waals surface area contributed by atoms with Crippen molar-refractivity contribution in [3.63, 3.8) is 0 Å². The molecule has 1 aromatic rings. The van der Waals surface area contributed by atoms with Crippen molar-refractivity contribution in [2.24, 2.45) is 0 Å². The largest absolute Gasteiger partial charge is 0.491 e. The zero-order chi connectivity index (χ0) is 14.8. The highest BCUT2D eigenvalue weighted by Gasteiger charge is 2.05. The maximum absolute atomic E-state index is 9.79. The average Bonchev–Trinajstić information content (AvgIpc) is 2.43. The van der Waals surface area contributed by atoms with E-state index in [1.165, 1.54) is 0 Å². The number of aliphatic hydroxyl groups is 1. The minimum atomic E-state index is -0.500. The smallest absolute Gasteiger partial charge is 0.120 e. The van der Waals surface area contributed by atoms with E-state index in [9.17, 15) is 5.11 Å². The summed E-state index contributed by atoms with van der Waals surface area (Å²) >= 11 is 0. The molecule has 0 radical (unpaired) electrons. The monoisotopic (exact) mass is 275 g/mol. The normalized spacial score (nSPS) is 13.4. The van der Waals surface area contributed by atoms with Gasteiger partial charge in [-0.15, -0.1) is 0 Å². The molecule has 2 N–H and O–H groups in total. The Morgan fingerprint density at radius 2 is 2.10 bits per heavy atom. The Balaban J connectivity index is 2.45. The molecule has 3 nitrogen and oxygen atoms in total. The topological polar surface area (TPSA) is 41.5 Å². The van der Waals surface area contributed by atoms with Gasteiger partial charge < -0.3 is 15.2 Å². The third-order valence-electron chi connectivity index (χ3n) is 2.65. The zero-order valence-electron chi connectivity index (χ0n) is 12.5. The number of hydrogen-bond acceptors (Lipinski definition) is 3. The SMILES string of the molecule is C/C=C\C=C/c1cccc(OCC(O)CNC(C)C)c1. The maximum atomic E-state index is 9.79. The van der Waals surface area contributed by atoms with E-state index in [4.69, 9.17) is 4.74 Å². The minimum Gasteiger partial charge on any atom is -0.491 e. The van der Waals surface area contributed by atoms with Gasteiger partial charge in [-0.05, 0) is 24.6 Å². The molecule has 0 saturated heterocycles. The standard InChI is InChI=1S/C17H25NO2/c1-4-5-6-8-15-9-7-10-17(11-15)20-13-16(19)12-18-14(2)3/h4-11,14,16,18-19H,12-13H2,1-3H3/b5-4-,8-6-. The van der Waals surface area contributed by atoms with Crippen LogP contribution >= 0.6 is 0 Å². The van der Waals surface area contributed by atoms with Crippen molar-refractivity contribution >= 4 is 6.08 Å². The van der Waals surface area contributed by atoms with Crippen LogP contribution in [0.1, 0.15) is 26.3 Å². The number of rotatable bonds is 8. The second-order valence-corrected chi connectivity index (χ2v) is 4.99. The van der Waals surface area contributed by atoms with E-state index in [-0.39, 0.29) is 0 Å². The summed E-state index contributed by atoms with van der Waals surface area (Å²) in [6.45, 7) is 6.92. The number of allylic oxidation sites excluding steroid dienone is 3. The number of aliphatic hydroxyl groups excluding tert-OH is 1. The van der Waals surface area contributed by atoms with Gasteiger partial charge in [-0.2, -0.15) is 0 Å². The molecule has 0 aliphatic heterocycles. The van der Waals surface area contributed by atoms with Crippen molar-refractivity contribution in [1.29, 1.82) is 0 Å². The van der Waals surface area contributed by atoms with Crippen molar-refractivity contribution in [3.05, 3.63) is 48.1 Å². The van der Waals surface area contributed by atoms with Crippen LogP contribution in [-0.4, -0.2) is 30.4 Å². The molecule has 1 atom stereocenters. The van der Waals surface area contributed by atoms with Crippen molar-refractivity contribution in [2.45, 2.75) is 32.9 Å². The summed E-state index contributed by atoms with van der Waals surface area (Å²) in [6.07, 6.45) is 7.47. The Kier molecular flexibility index (Phi) is 7.70. The van der Waals surface area contributed by atoms with Gasteiger partial charge >= 0.3 is 0 Å². The molecule has 0 bridgehead atoms. The van der Waals surface area contributed by atoms with Gasteiger partial charge in [-0.25, -0.2) is 0 Å². The Morgan fingerprint density at radius 1 is 1.30 bits per heavy atom. The summed E-state index contributed by atoms with van der Waals surface area (Å²) in [4.78, 5) is 0. The first kappa shape index (κ1) is 16.5. The molecular formula is C17H25NO2. The van der Waals surface area contributed by atoms with E-state index in [0.717, 1.165) is 11.3 Å². The van der Waals surface area contributed by atoms with Crippen LogP contribution in [0.15, 0.2) is 42.5 Å². The molecule has 1 aromatic carbocycles. The van der Waals surface area contributed by atoms with Gasteiger partial charge in [0, 0.05) is 12.6 Å². The summed E-state index contributed by atoms with van der Waals surface area (Å²) in [5.41, 5.74) is 1.08. The summed E-state index contributed by atoms with van der Waals surface area (Å²) in [6, 6.07) is 8.19. The Hall–Kier alpha value is -1.58. The van der Waals surface area contributed by atoms with Crippen molar-refractivity contribution in [1.82, 2.24) is 5.32 Å². The number of nitrogens with one attached hydrogen (secondary N) is 1. The molecule has 0 heterocycles. The van der Waals surface area contributed by atoms with Crippen molar-refractivity contribution in [2.75, 3.05) is 13.2 Å². The van der Waals surface area contributed by atoms with Crippen LogP contribution in [0, 0.1) is 0 Å². The van der Waals surface area contributed by atoms with Crippen LogP contribution in [0.4, 0.5) is 0 Å². The predicted octanol–water partition coefficient (Wildman–Crippen LogP) is 3.01. The number of benzene rings is 1. The lowest BCUT2D eigenvalue weighted by molar-refractivity contribution is 0.104. The number of ether oxygens (including phenoxy) is 1. The first-order valence-electron chi connectivity index (χ1n) is 7.05. The van der Waals surface area contributed by atoms with Gasteiger partial charge in [-0.3, -0.25) is 0 Å². The molecule has 3 heteroatoms. The molecule has 0 aromatic heterocycles. The Labute approximate surface area is 122 Å². The van der Waals surface area contributed by atoms with Gasteiger partial charge in [0.25, 0.3) is 0 Å². The lowest BCUT2D eigenvalue weighted by Gasteiger charge is -2.15. The van der Waals surface area contributed by atoms with Crippen LogP contribution in [-0.2, 0) is 0 Å². The van der Waals surface area contributed by atoms with E-state index < -0.39 is 6.10 Å². The molecule has 0 aliphatic carbocycles. The van der Waals surface area contributed by atoms with Gasteiger partial charge in [0.15, 0.2) is 0 Å². The highest BCUT2D eigenvalue weighted by Crippen LogP contribution is 2.14. The van der Waals surface area contributed by atoms with E-state index in [2.05, 4.69) is 5.32 Å². The predicted molar refractivity (Wildman–Crippen MR) is 84.9 cm³/mol. The minimum absolute atomic E-state index is 0.293. The molecule has 20 heavy (non-hydrogen) atoms. The fourth-order valence-corrected chi connectivity index (χ4v) is 1.61. The lowest BCUT2D eigenvalue weighted by Crippen LogP contribution is -2.35. The molecule has 1 unspecified atom stereocenters. The third kappa shape index (κ3) is 7.12. The van der Waals surface area contributed by atoms with E-state index >= 15 is 0 Å². The van der Waals surface area contributed by atoms with Crippen LogP contribution in [0.25, 0.3) is 6.08 Å². The van der Waals surface area contributed by atoms with Crippen LogP contribution in [0.3, 0.4) is 0 Å². The summed E-state index contributed by atoms with van der Waals surface area (Å²) in [5.74, 6) is 0.774. The summed E-state index contributed by atoms with van der Waals surface area (Å²) in [5, 5.41) is 13.0. The second-order valence-electron chi connectivity index (χ2n) is 4.99. The molecule has 0 spiro atoms. The molecular weight excluding hydrogens is 250 g/mol. The summed E-state index contributed by atoms with van der Waals surface area (Å²) in [7, 11) is 0. The van der Waals surface area contributed by atoms with Gasteiger partial charge in [0.1, 0.15) is 18.5 Å². The molecule has 110 valence electrons. The molecule has 1 rings (SSSR count). The fourth-order valence-electron chi connectivity index (χ4n) is 1.61. The first-order valence-corrected chi connectivity index (χ1v) is 7.05. The van der Waals surface area contributed by atoms with Crippen LogP contribution in [0.2, 0.25) is 0 Å². The van der Waals surface area contributed by atoms with Crippen molar-refractivity contribution in [3.8, 4) is 5.75 Å². The van der Waals surface area contributed by atoms with E-state index in [0.29, 0.717) is 19.2 Å². The molecule has 0 amide bonds. The van der Waals surface area contributed by atoms with Crippen molar-refractivity contribution < 1.29 is 9.84 Å².